The van der Waals surface area contributed by atoms with Crippen molar-refractivity contribution in [2.24, 2.45) is 0 Å². The molecule has 1 saturated heterocycles. The third-order valence-electron chi connectivity index (χ3n) is 4.44. The summed E-state index contributed by atoms with van der Waals surface area (Å²) in [5.74, 6) is -0.212. The van der Waals surface area contributed by atoms with E-state index in [-0.39, 0.29) is 19.0 Å². The van der Waals surface area contributed by atoms with Crippen molar-refractivity contribution in [1.29, 1.82) is 0 Å². The Bertz CT molecular complexity index is 841. The van der Waals surface area contributed by atoms with Crippen LogP contribution in [0.2, 0.25) is 0 Å². The van der Waals surface area contributed by atoms with Gasteiger partial charge in [-0.25, -0.2) is 8.42 Å². The summed E-state index contributed by atoms with van der Waals surface area (Å²) in [4.78, 5) is 13.7. The van der Waals surface area contributed by atoms with Crippen molar-refractivity contribution >= 4 is 21.6 Å². The molecule has 0 bridgehead atoms. The molecule has 1 amide bonds. The van der Waals surface area contributed by atoms with Crippen molar-refractivity contribution in [3.8, 4) is 0 Å². The first-order chi connectivity index (χ1) is 11.1. The van der Waals surface area contributed by atoms with E-state index in [4.69, 9.17) is 0 Å². The number of fused-ring (bicyclic) bond motifs is 1. The number of amides is 1. The van der Waals surface area contributed by atoms with E-state index in [0.717, 1.165) is 17.7 Å². The van der Waals surface area contributed by atoms with E-state index in [1.807, 2.05) is 24.3 Å². The van der Waals surface area contributed by atoms with Crippen LogP contribution in [-0.2, 0) is 16.4 Å². The number of nitrogens with zero attached hydrogens (tertiary/aromatic N) is 3. The third-order valence-corrected chi connectivity index (χ3v) is 6.57. The van der Waals surface area contributed by atoms with Gasteiger partial charge in [-0.15, -0.1) is 0 Å². The number of likely N-dealkylation sites (tertiary alicyclic amines) is 1. The molecule has 8 heteroatoms. The van der Waals surface area contributed by atoms with E-state index in [1.165, 1.54) is 15.4 Å². The third kappa shape index (κ3) is 2.21. The first kappa shape index (κ1) is 14.3. The predicted molar refractivity (Wildman–Crippen MR) is 84.7 cm³/mol. The van der Waals surface area contributed by atoms with Crippen molar-refractivity contribution in [3.05, 3.63) is 47.8 Å². The number of carbonyl (C=O) groups excluding carboxylic acids is 1. The van der Waals surface area contributed by atoms with Gasteiger partial charge in [-0.3, -0.25) is 14.2 Å². The van der Waals surface area contributed by atoms with Gasteiger partial charge in [0.15, 0.2) is 0 Å². The first-order valence-electron chi connectivity index (χ1n) is 7.45. The highest BCUT2D eigenvalue weighted by Gasteiger charge is 2.44. The van der Waals surface area contributed by atoms with Gasteiger partial charge in [0.2, 0.25) is 10.0 Å². The number of para-hydroxylation sites is 1. The number of carbonyl (C=O) groups is 1. The number of rotatable bonds is 3. The molecule has 4 rings (SSSR count). The van der Waals surface area contributed by atoms with Crippen LogP contribution in [0.25, 0.3) is 0 Å². The van der Waals surface area contributed by atoms with Crippen LogP contribution in [-0.4, -0.2) is 54.3 Å². The molecule has 2 aliphatic heterocycles. The smallest absolute Gasteiger partial charge is 0.271 e. The summed E-state index contributed by atoms with van der Waals surface area (Å²) < 4.78 is 27.1. The lowest BCUT2D eigenvalue weighted by molar-refractivity contribution is 0.0652. The van der Waals surface area contributed by atoms with E-state index in [1.54, 1.807) is 6.07 Å². The van der Waals surface area contributed by atoms with E-state index in [0.29, 0.717) is 12.2 Å². The minimum atomic E-state index is -3.44. The van der Waals surface area contributed by atoms with Gasteiger partial charge in [0, 0.05) is 25.8 Å². The lowest BCUT2D eigenvalue weighted by Crippen LogP contribution is -2.60. The highest BCUT2D eigenvalue weighted by molar-refractivity contribution is 7.93. The summed E-state index contributed by atoms with van der Waals surface area (Å²) >= 11 is 0. The van der Waals surface area contributed by atoms with Crippen molar-refractivity contribution in [1.82, 2.24) is 15.1 Å². The summed E-state index contributed by atoms with van der Waals surface area (Å²) in [6.07, 6.45) is 2.24. The van der Waals surface area contributed by atoms with Gasteiger partial charge in [0.25, 0.3) is 5.91 Å². The average Bonchev–Trinajstić information content (AvgIpc) is 3.15. The van der Waals surface area contributed by atoms with Crippen LogP contribution < -0.4 is 4.31 Å². The molecule has 0 saturated carbocycles. The molecule has 1 fully saturated rings. The fourth-order valence-electron chi connectivity index (χ4n) is 3.09. The van der Waals surface area contributed by atoms with Crippen LogP contribution in [0.4, 0.5) is 5.69 Å². The molecule has 120 valence electrons. The molecule has 0 spiro atoms. The van der Waals surface area contributed by atoms with Gasteiger partial charge < -0.3 is 4.90 Å². The minimum absolute atomic E-state index is 0.212. The zero-order valence-corrected chi connectivity index (χ0v) is 13.2. The molecule has 23 heavy (non-hydrogen) atoms. The molecule has 0 unspecified atom stereocenters. The van der Waals surface area contributed by atoms with Gasteiger partial charge in [0.05, 0.1) is 5.69 Å². The standard InChI is InChI=1S/C15H16N4O3S/c20-15(13-5-7-16-17-13)18-9-12(10-18)23(21,22)19-8-6-11-3-1-2-4-14(11)19/h1-5,7,12H,6,8-10H2,(H,16,17). The molecule has 1 aromatic carbocycles. The largest absolute Gasteiger partial charge is 0.334 e. The van der Waals surface area contributed by atoms with Crippen LogP contribution in [0.3, 0.4) is 0 Å². The normalized spacial score (nSPS) is 17.9. The van der Waals surface area contributed by atoms with Gasteiger partial charge >= 0.3 is 0 Å². The number of benzene rings is 1. The molecule has 3 heterocycles. The van der Waals surface area contributed by atoms with E-state index in [9.17, 15) is 13.2 Å². The van der Waals surface area contributed by atoms with Gasteiger partial charge in [-0.1, -0.05) is 18.2 Å². The summed E-state index contributed by atoms with van der Waals surface area (Å²) in [5.41, 5.74) is 2.21. The molecule has 0 radical (unpaired) electrons. The molecule has 0 aliphatic carbocycles. The van der Waals surface area contributed by atoms with E-state index >= 15 is 0 Å². The topological polar surface area (TPSA) is 86.4 Å². The fourth-order valence-corrected chi connectivity index (χ4v) is 4.98. The number of H-pyrrole nitrogens is 1. The Balaban J connectivity index is 1.49. The Hall–Kier alpha value is -2.35. The zero-order valence-electron chi connectivity index (χ0n) is 12.3. The second kappa shape index (κ2) is 5.09. The summed E-state index contributed by atoms with van der Waals surface area (Å²) in [7, 11) is -3.44. The van der Waals surface area contributed by atoms with E-state index < -0.39 is 15.3 Å². The lowest BCUT2D eigenvalue weighted by atomic mass is 10.2. The summed E-state index contributed by atoms with van der Waals surface area (Å²) in [6.45, 7) is 0.921. The molecule has 2 aromatic rings. The number of aromatic amines is 1. The average molecular weight is 332 g/mol. The second-order valence-electron chi connectivity index (χ2n) is 5.80. The Morgan fingerprint density at radius 2 is 2.00 bits per heavy atom. The SMILES string of the molecule is O=C(c1ccn[nH]1)N1CC(S(=O)(=O)N2CCc3ccccc32)C1. The maximum absolute atomic E-state index is 12.8. The minimum Gasteiger partial charge on any atom is -0.334 e. The van der Waals surface area contributed by atoms with Crippen molar-refractivity contribution in [2.45, 2.75) is 11.7 Å². The molecular formula is C15H16N4O3S. The van der Waals surface area contributed by atoms with Crippen LogP contribution >= 0.6 is 0 Å². The molecule has 1 aromatic heterocycles. The molecule has 2 aliphatic rings. The Labute approximate surface area is 134 Å². The van der Waals surface area contributed by atoms with Crippen molar-refractivity contribution in [3.63, 3.8) is 0 Å². The predicted octanol–water partition coefficient (Wildman–Crippen LogP) is 0.627. The maximum atomic E-state index is 12.8. The monoisotopic (exact) mass is 332 g/mol. The summed E-state index contributed by atoms with van der Waals surface area (Å²) in [5, 5.41) is 5.81. The maximum Gasteiger partial charge on any atom is 0.271 e. The first-order valence-corrected chi connectivity index (χ1v) is 8.96. The van der Waals surface area contributed by atoms with Crippen molar-refractivity contribution < 1.29 is 13.2 Å². The number of sulfonamides is 1. The van der Waals surface area contributed by atoms with Gasteiger partial charge in [-0.05, 0) is 24.1 Å². The van der Waals surface area contributed by atoms with Crippen LogP contribution in [0.5, 0.6) is 0 Å². The quantitative estimate of drug-likeness (QED) is 0.893. The Morgan fingerprint density at radius 3 is 2.74 bits per heavy atom. The number of hydrogen-bond acceptors (Lipinski definition) is 4. The highest BCUT2D eigenvalue weighted by Crippen LogP contribution is 2.33. The number of nitrogens with one attached hydrogen (secondary N) is 1. The Morgan fingerprint density at radius 1 is 1.22 bits per heavy atom. The molecule has 1 N–H and O–H groups in total. The molecule has 0 atom stereocenters. The number of hydrogen-bond donors (Lipinski definition) is 1. The van der Waals surface area contributed by atoms with Crippen molar-refractivity contribution in [2.75, 3.05) is 23.9 Å². The lowest BCUT2D eigenvalue weighted by Gasteiger charge is -2.40. The highest BCUT2D eigenvalue weighted by atomic mass is 32.2. The van der Waals surface area contributed by atoms with Crippen LogP contribution in [0, 0.1) is 0 Å². The van der Waals surface area contributed by atoms with E-state index in [2.05, 4.69) is 10.2 Å². The molecular weight excluding hydrogens is 316 g/mol. The zero-order chi connectivity index (χ0) is 16.0. The molecule has 7 nitrogen and oxygen atoms in total. The number of anilines is 1. The number of aromatic nitrogens is 2. The summed E-state index contributed by atoms with van der Waals surface area (Å²) in [6, 6.07) is 9.15. The van der Waals surface area contributed by atoms with Gasteiger partial charge in [0.1, 0.15) is 10.9 Å². The van der Waals surface area contributed by atoms with Gasteiger partial charge in [-0.2, -0.15) is 5.10 Å². The fraction of sp³-hybridized carbons (Fsp3) is 0.333. The second-order valence-corrected chi connectivity index (χ2v) is 7.94. The Kier molecular flexibility index (Phi) is 3.15. The van der Waals surface area contributed by atoms with Crippen LogP contribution in [0.15, 0.2) is 36.5 Å². The van der Waals surface area contributed by atoms with Crippen LogP contribution in [0.1, 0.15) is 16.1 Å².